The largest absolute Gasteiger partial charge is 0.351 e. The minimum Gasteiger partial charge on any atom is -0.351 e. The second kappa shape index (κ2) is 6.97. The highest BCUT2D eigenvalue weighted by Gasteiger charge is 2.40. The molecule has 1 aromatic heterocycles. The SMILES string of the molecule is CN(C)C(=O)n1cc(C(=O)NCC23CCC(CC2)CC3)c2c(Br)cccc21. The smallest absolute Gasteiger partial charge is 0.328 e. The van der Waals surface area contributed by atoms with Crippen LogP contribution in [-0.4, -0.2) is 42.0 Å². The molecule has 2 amide bonds. The molecule has 3 fully saturated rings. The summed E-state index contributed by atoms with van der Waals surface area (Å²) in [5.41, 5.74) is 1.57. The third-order valence-electron chi connectivity index (χ3n) is 6.48. The monoisotopic (exact) mass is 431 g/mol. The van der Waals surface area contributed by atoms with Crippen LogP contribution in [0.1, 0.15) is 48.9 Å². The van der Waals surface area contributed by atoms with Crippen LogP contribution in [0.4, 0.5) is 4.79 Å². The maximum Gasteiger partial charge on any atom is 0.328 e. The Balaban J connectivity index is 1.62. The van der Waals surface area contributed by atoms with E-state index in [9.17, 15) is 9.59 Å². The summed E-state index contributed by atoms with van der Waals surface area (Å²) in [6.45, 7) is 0.733. The first-order chi connectivity index (χ1) is 12.9. The fraction of sp³-hybridized carbons (Fsp3) is 0.524. The molecule has 0 saturated heterocycles. The predicted molar refractivity (Wildman–Crippen MR) is 110 cm³/mol. The van der Waals surface area contributed by atoms with Crippen molar-refractivity contribution in [3.05, 3.63) is 34.4 Å². The molecule has 3 saturated carbocycles. The molecule has 0 unspecified atom stereocenters. The van der Waals surface area contributed by atoms with Gasteiger partial charge in [-0.05, 0) is 62.0 Å². The first-order valence-corrected chi connectivity index (χ1v) is 10.5. The van der Waals surface area contributed by atoms with E-state index in [2.05, 4.69) is 21.2 Å². The maximum atomic E-state index is 13.1. The molecule has 144 valence electrons. The summed E-state index contributed by atoms with van der Waals surface area (Å²) >= 11 is 3.56. The zero-order chi connectivity index (χ0) is 19.2. The van der Waals surface area contributed by atoms with E-state index in [0.717, 1.165) is 27.8 Å². The van der Waals surface area contributed by atoms with Crippen molar-refractivity contribution in [2.24, 2.45) is 11.3 Å². The van der Waals surface area contributed by atoms with Crippen molar-refractivity contribution in [1.82, 2.24) is 14.8 Å². The van der Waals surface area contributed by atoms with Gasteiger partial charge in [0.15, 0.2) is 0 Å². The number of hydrogen-bond acceptors (Lipinski definition) is 2. The molecule has 5 nitrogen and oxygen atoms in total. The summed E-state index contributed by atoms with van der Waals surface area (Å²) < 4.78 is 2.38. The Morgan fingerprint density at radius 3 is 2.52 bits per heavy atom. The molecule has 0 radical (unpaired) electrons. The zero-order valence-corrected chi connectivity index (χ0v) is 17.5. The average Bonchev–Trinajstić information content (AvgIpc) is 3.08. The van der Waals surface area contributed by atoms with Gasteiger partial charge in [-0.15, -0.1) is 0 Å². The van der Waals surface area contributed by atoms with Gasteiger partial charge < -0.3 is 10.2 Å². The second-order valence-corrected chi connectivity index (χ2v) is 9.24. The summed E-state index contributed by atoms with van der Waals surface area (Å²) in [5, 5.41) is 3.97. The van der Waals surface area contributed by atoms with Crippen molar-refractivity contribution >= 4 is 38.8 Å². The van der Waals surface area contributed by atoms with Crippen LogP contribution in [0.5, 0.6) is 0 Å². The lowest BCUT2D eigenvalue weighted by Crippen LogP contribution is -2.43. The number of benzene rings is 1. The van der Waals surface area contributed by atoms with E-state index in [1.165, 1.54) is 43.4 Å². The van der Waals surface area contributed by atoms with Gasteiger partial charge >= 0.3 is 6.03 Å². The number of rotatable bonds is 3. The molecule has 3 aliphatic rings. The van der Waals surface area contributed by atoms with Crippen LogP contribution < -0.4 is 5.32 Å². The predicted octanol–water partition coefficient (Wildman–Crippen LogP) is 4.63. The topological polar surface area (TPSA) is 54.3 Å². The Hall–Kier alpha value is -1.82. The number of fused-ring (bicyclic) bond motifs is 4. The summed E-state index contributed by atoms with van der Waals surface area (Å²) in [4.78, 5) is 27.1. The molecular formula is C21H26BrN3O2. The molecule has 5 rings (SSSR count). The minimum atomic E-state index is -0.165. The van der Waals surface area contributed by atoms with Crippen LogP contribution >= 0.6 is 15.9 Å². The molecule has 0 spiro atoms. The van der Waals surface area contributed by atoms with Gasteiger partial charge in [-0.1, -0.05) is 22.0 Å². The molecule has 6 heteroatoms. The zero-order valence-electron chi connectivity index (χ0n) is 15.9. The quantitative estimate of drug-likeness (QED) is 0.769. The van der Waals surface area contributed by atoms with Gasteiger partial charge in [-0.3, -0.25) is 9.36 Å². The Labute approximate surface area is 168 Å². The molecular weight excluding hydrogens is 406 g/mol. The molecule has 0 atom stereocenters. The van der Waals surface area contributed by atoms with E-state index in [4.69, 9.17) is 0 Å². The lowest BCUT2D eigenvalue weighted by atomic mass is 9.61. The fourth-order valence-electron chi connectivity index (χ4n) is 4.76. The molecule has 3 aliphatic carbocycles. The summed E-state index contributed by atoms with van der Waals surface area (Å²) in [5.74, 6) is 0.813. The van der Waals surface area contributed by atoms with E-state index < -0.39 is 0 Å². The average molecular weight is 432 g/mol. The third kappa shape index (κ3) is 3.28. The Bertz CT molecular complexity index is 880. The number of amides is 2. The van der Waals surface area contributed by atoms with Crippen LogP contribution in [0, 0.1) is 11.3 Å². The Morgan fingerprint density at radius 2 is 1.89 bits per heavy atom. The van der Waals surface area contributed by atoms with Crippen molar-refractivity contribution < 1.29 is 9.59 Å². The number of carbonyl (C=O) groups is 2. The minimum absolute atomic E-state index is 0.0979. The standard InChI is InChI=1S/C21H26BrN3O2/c1-24(2)20(27)25-12-15(18-16(22)4-3-5-17(18)25)19(26)23-13-21-9-6-14(7-10-21)8-11-21/h3-5,12,14H,6-11,13H2,1-2H3,(H,23,26). The van der Waals surface area contributed by atoms with Crippen LogP contribution in [-0.2, 0) is 0 Å². The summed E-state index contributed by atoms with van der Waals surface area (Å²) in [6.07, 6.45) is 9.25. The third-order valence-corrected chi connectivity index (χ3v) is 7.15. The van der Waals surface area contributed by atoms with Gasteiger partial charge in [-0.25, -0.2) is 4.79 Å². The number of hydrogen-bond donors (Lipinski definition) is 1. The van der Waals surface area contributed by atoms with Crippen LogP contribution in [0.25, 0.3) is 10.9 Å². The molecule has 27 heavy (non-hydrogen) atoms. The van der Waals surface area contributed by atoms with Crippen LogP contribution in [0.15, 0.2) is 28.9 Å². The Morgan fingerprint density at radius 1 is 1.22 bits per heavy atom. The molecule has 1 N–H and O–H groups in total. The molecule has 1 heterocycles. The fourth-order valence-corrected chi connectivity index (χ4v) is 5.33. The van der Waals surface area contributed by atoms with Crippen molar-refractivity contribution in [3.8, 4) is 0 Å². The highest BCUT2D eigenvalue weighted by Crippen LogP contribution is 2.49. The van der Waals surface area contributed by atoms with Gasteiger partial charge in [0.1, 0.15) is 0 Å². The van der Waals surface area contributed by atoms with E-state index >= 15 is 0 Å². The van der Waals surface area contributed by atoms with Gasteiger partial charge in [0.25, 0.3) is 5.91 Å². The van der Waals surface area contributed by atoms with Crippen molar-refractivity contribution in [3.63, 3.8) is 0 Å². The molecule has 1 aromatic carbocycles. The van der Waals surface area contributed by atoms with E-state index in [1.54, 1.807) is 24.9 Å². The molecule has 0 aliphatic heterocycles. The van der Waals surface area contributed by atoms with Crippen LogP contribution in [0.2, 0.25) is 0 Å². The molecule has 2 bridgehead atoms. The summed E-state index contributed by atoms with van der Waals surface area (Å²) in [7, 11) is 3.43. The number of aromatic nitrogens is 1. The van der Waals surface area contributed by atoms with Crippen molar-refractivity contribution in [2.75, 3.05) is 20.6 Å². The number of halogens is 1. The lowest BCUT2D eigenvalue weighted by Gasteiger charge is -2.46. The van der Waals surface area contributed by atoms with Crippen LogP contribution in [0.3, 0.4) is 0 Å². The molecule has 2 aromatic rings. The van der Waals surface area contributed by atoms with Gasteiger partial charge in [0.05, 0.1) is 11.1 Å². The van der Waals surface area contributed by atoms with E-state index in [1.807, 2.05) is 18.2 Å². The van der Waals surface area contributed by atoms with E-state index in [-0.39, 0.29) is 17.4 Å². The highest BCUT2D eigenvalue weighted by atomic mass is 79.9. The van der Waals surface area contributed by atoms with Gasteiger partial charge in [-0.2, -0.15) is 0 Å². The normalized spacial score (nSPS) is 24.2. The number of nitrogens with zero attached hydrogens (tertiary/aromatic N) is 2. The van der Waals surface area contributed by atoms with E-state index in [0.29, 0.717) is 5.56 Å². The van der Waals surface area contributed by atoms with Crippen molar-refractivity contribution in [1.29, 1.82) is 0 Å². The second-order valence-electron chi connectivity index (χ2n) is 8.39. The highest BCUT2D eigenvalue weighted by molar-refractivity contribution is 9.10. The summed E-state index contributed by atoms with van der Waals surface area (Å²) in [6, 6.07) is 5.50. The first kappa shape index (κ1) is 18.5. The van der Waals surface area contributed by atoms with Crippen molar-refractivity contribution in [2.45, 2.75) is 38.5 Å². The van der Waals surface area contributed by atoms with Gasteiger partial charge in [0, 0.05) is 36.7 Å². The number of carbonyl (C=O) groups excluding carboxylic acids is 2. The lowest BCUT2D eigenvalue weighted by molar-refractivity contribution is 0.0598. The Kier molecular flexibility index (Phi) is 4.78. The number of nitrogens with one attached hydrogen (secondary N) is 1. The maximum absolute atomic E-state index is 13.1. The van der Waals surface area contributed by atoms with Gasteiger partial charge in [0.2, 0.25) is 0 Å². The first-order valence-electron chi connectivity index (χ1n) is 9.70.